The molecule has 1 fully saturated rings. The van der Waals surface area contributed by atoms with Crippen molar-refractivity contribution in [1.29, 1.82) is 0 Å². The van der Waals surface area contributed by atoms with Crippen LogP contribution in [0.4, 0.5) is 17.6 Å². The summed E-state index contributed by atoms with van der Waals surface area (Å²) in [5.74, 6) is -3.72. The van der Waals surface area contributed by atoms with E-state index in [1.54, 1.807) is 13.8 Å². The van der Waals surface area contributed by atoms with Crippen LogP contribution in [0.1, 0.15) is 35.5 Å². The molecule has 1 aliphatic heterocycles. The molecule has 1 N–H and O–H groups in total. The Hall–Kier alpha value is -3.09. The quantitative estimate of drug-likeness (QED) is 0.360. The molecule has 4 rings (SSSR count). The van der Waals surface area contributed by atoms with Gasteiger partial charge in [0.1, 0.15) is 35.6 Å². The van der Waals surface area contributed by atoms with E-state index >= 15 is 0 Å². The van der Waals surface area contributed by atoms with Gasteiger partial charge in [0.15, 0.2) is 0 Å². The van der Waals surface area contributed by atoms with Crippen LogP contribution in [0.2, 0.25) is 10.2 Å². The summed E-state index contributed by atoms with van der Waals surface area (Å²) in [7, 11) is 0. The molecule has 0 bridgehead atoms. The number of halogens is 6. The lowest BCUT2D eigenvalue weighted by molar-refractivity contribution is -1.11. The van der Waals surface area contributed by atoms with Gasteiger partial charge in [-0.25, -0.2) is 9.18 Å². The Balaban J connectivity index is 1.55. The molecule has 0 spiro atoms. The van der Waals surface area contributed by atoms with Gasteiger partial charge in [-0.1, -0.05) is 29.3 Å². The molecular formula is C24H23Cl2F4N4O4+. The highest BCUT2D eigenvalue weighted by molar-refractivity contribution is 6.42. The van der Waals surface area contributed by atoms with Crippen molar-refractivity contribution in [2.45, 2.75) is 32.5 Å². The molecule has 0 radical (unpaired) electrons. The van der Waals surface area contributed by atoms with Gasteiger partial charge in [0.25, 0.3) is 11.5 Å². The topological polar surface area (TPSA) is 83.9 Å². The Labute approximate surface area is 223 Å². The van der Waals surface area contributed by atoms with Crippen molar-refractivity contribution in [3.05, 3.63) is 73.6 Å². The second-order valence-electron chi connectivity index (χ2n) is 9.27. The maximum atomic E-state index is 14.7. The predicted molar refractivity (Wildman–Crippen MR) is 130 cm³/mol. The molecule has 0 unspecified atom stereocenters. The Morgan fingerprint density at radius 1 is 1.16 bits per heavy atom. The summed E-state index contributed by atoms with van der Waals surface area (Å²) in [5.41, 5.74) is 0.663. The maximum absolute atomic E-state index is 14.7. The summed E-state index contributed by atoms with van der Waals surface area (Å²) >= 11 is 12.3. The number of carbonyl (C=O) groups is 2. The number of nitrogens with one attached hydrogen (secondary N) is 1. The number of benzene rings is 1. The van der Waals surface area contributed by atoms with E-state index in [-0.39, 0.29) is 53.9 Å². The average Bonchev–Trinajstić information content (AvgIpc) is 3.16. The van der Waals surface area contributed by atoms with E-state index < -0.39 is 40.1 Å². The minimum atomic E-state index is -5.15. The van der Waals surface area contributed by atoms with Crippen molar-refractivity contribution in [2.75, 3.05) is 26.2 Å². The highest BCUT2D eigenvalue weighted by Crippen LogP contribution is 2.28. The Kier molecular flexibility index (Phi) is 7.52. The van der Waals surface area contributed by atoms with Gasteiger partial charge >= 0.3 is 12.1 Å². The summed E-state index contributed by atoms with van der Waals surface area (Å²) in [4.78, 5) is 45.6. The molecule has 1 aliphatic rings. The van der Waals surface area contributed by atoms with E-state index in [0.29, 0.717) is 11.3 Å². The van der Waals surface area contributed by atoms with Gasteiger partial charge in [-0.05, 0) is 37.6 Å². The first-order valence-electron chi connectivity index (χ1n) is 11.6. The zero-order chi connectivity index (χ0) is 28.0. The molecule has 0 atom stereocenters. The minimum Gasteiger partial charge on any atom is -0.327 e. The number of carbonyl (C=O) groups excluding carboxylic acids is 2. The smallest absolute Gasteiger partial charge is 0.327 e. The first-order valence-corrected chi connectivity index (χ1v) is 12.3. The second-order valence-corrected chi connectivity index (χ2v) is 10.0. The normalized spacial score (nSPS) is 15.8. The third-order valence-electron chi connectivity index (χ3n) is 6.66. The molecule has 204 valence electrons. The lowest BCUT2D eigenvalue weighted by Gasteiger charge is -2.43. The molecule has 1 amide bonds. The molecule has 8 nitrogen and oxygen atoms in total. The average molecular weight is 578 g/mol. The molecule has 14 heteroatoms. The highest BCUT2D eigenvalue weighted by atomic mass is 35.5. The van der Waals surface area contributed by atoms with Crippen molar-refractivity contribution in [3.63, 3.8) is 0 Å². The molecular weight excluding hydrogens is 555 g/mol. The van der Waals surface area contributed by atoms with Crippen LogP contribution in [0.25, 0.3) is 5.52 Å². The number of amides is 1. The number of hydroxylamine groups is 3. The number of alkyl halides is 3. The summed E-state index contributed by atoms with van der Waals surface area (Å²) in [6, 6.07) is 4.91. The number of fused-ring (bicyclic) bond motifs is 1. The highest BCUT2D eigenvalue weighted by Gasteiger charge is 2.50. The molecule has 0 saturated carbocycles. The standard InChI is InChI=1S/C24H22Cl2F4N4O4/c1-13(2)34(38-23(37)24(28,29)30)7-5-32(6-8-34)22(36)16-10-14(3-4-18(16)27)9-15-12-31-21(35)19-11-17(25)20(26)33(15)19/h3-4,10-13H,5-9H2,1-2H3/p+1. The van der Waals surface area contributed by atoms with E-state index in [0.717, 1.165) is 6.07 Å². The first kappa shape index (κ1) is 27.9. The number of piperazine rings is 1. The third kappa shape index (κ3) is 5.25. The van der Waals surface area contributed by atoms with E-state index in [9.17, 15) is 31.9 Å². The summed E-state index contributed by atoms with van der Waals surface area (Å²) < 4.78 is 54.0. The fourth-order valence-electron chi connectivity index (χ4n) is 4.48. The lowest BCUT2D eigenvalue weighted by Crippen LogP contribution is -2.64. The zero-order valence-corrected chi connectivity index (χ0v) is 21.8. The number of aromatic amines is 1. The summed E-state index contributed by atoms with van der Waals surface area (Å²) in [5, 5.41) is 0.314. The van der Waals surface area contributed by atoms with Crippen LogP contribution < -0.4 is 5.56 Å². The van der Waals surface area contributed by atoms with Crippen molar-refractivity contribution in [2.24, 2.45) is 0 Å². The monoisotopic (exact) mass is 577 g/mol. The zero-order valence-electron chi connectivity index (χ0n) is 20.2. The van der Waals surface area contributed by atoms with Crippen LogP contribution in [0.3, 0.4) is 0 Å². The molecule has 2 aromatic heterocycles. The van der Waals surface area contributed by atoms with Gasteiger partial charge in [-0.15, -0.1) is 4.65 Å². The van der Waals surface area contributed by atoms with E-state index in [1.807, 2.05) is 0 Å². The van der Waals surface area contributed by atoms with E-state index in [2.05, 4.69) is 4.98 Å². The van der Waals surface area contributed by atoms with Gasteiger partial charge in [0, 0.05) is 18.3 Å². The number of rotatable bonds is 5. The Morgan fingerprint density at radius 3 is 2.42 bits per heavy atom. The molecule has 0 aliphatic carbocycles. The number of H-pyrrole nitrogens is 1. The number of nitrogens with zero attached hydrogens (tertiary/aromatic N) is 3. The van der Waals surface area contributed by atoms with Gasteiger partial charge in [0.2, 0.25) is 0 Å². The summed E-state index contributed by atoms with van der Waals surface area (Å²) in [6.07, 6.45) is -3.54. The van der Waals surface area contributed by atoms with E-state index in [4.69, 9.17) is 28.0 Å². The van der Waals surface area contributed by atoms with Gasteiger partial charge in [-0.2, -0.15) is 13.2 Å². The molecule has 1 saturated heterocycles. The van der Waals surface area contributed by atoms with Crippen LogP contribution in [-0.2, 0) is 16.1 Å². The summed E-state index contributed by atoms with van der Waals surface area (Å²) in [6.45, 7) is 2.95. The minimum absolute atomic E-state index is 0.0517. The van der Waals surface area contributed by atoms with Crippen LogP contribution in [0, 0.1) is 5.82 Å². The largest absolute Gasteiger partial charge is 0.497 e. The number of quaternary nitrogens is 1. The van der Waals surface area contributed by atoms with Crippen molar-refractivity contribution in [3.8, 4) is 0 Å². The van der Waals surface area contributed by atoms with Crippen LogP contribution in [0.5, 0.6) is 0 Å². The van der Waals surface area contributed by atoms with E-state index in [1.165, 1.54) is 33.7 Å². The number of aromatic nitrogens is 2. The first-order chi connectivity index (χ1) is 17.7. The second kappa shape index (κ2) is 10.2. The van der Waals surface area contributed by atoms with Crippen molar-refractivity contribution < 1.29 is 36.6 Å². The number of hydrogen-bond donors (Lipinski definition) is 1. The number of hydrogen-bond acceptors (Lipinski definition) is 4. The molecule has 3 heterocycles. The molecule has 1 aromatic carbocycles. The molecule has 38 heavy (non-hydrogen) atoms. The predicted octanol–water partition coefficient (Wildman–Crippen LogP) is 4.37. The molecule has 3 aromatic rings. The van der Waals surface area contributed by atoms with Crippen molar-refractivity contribution in [1.82, 2.24) is 14.3 Å². The Bertz CT molecular complexity index is 1460. The Morgan fingerprint density at radius 2 is 1.82 bits per heavy atom. The van der Waals surface area contributed by atoms with Gasteiger partial charge in [0.05, 0.1) is 23.7 Å². The fraction of sp³-hybridized carbons (Fsp3) is 0.375. The third-order valence-corrected chi connectivity index (χ3v) is 7.41. The lowest BCUT2D eigenvalue weighted by atomic mass is 10.0. The fourth-order valence-corrected chi connectivity index (χ4v) is 4.93. The van der Waals surface area contributed by atoms with Gasteiger partial charge in [-0.3, -0.25) is 18.8 Å². The van der Waals surface area contributed by atoms with Crippen LogP contribution in [-0.4, -0.2) is 69.2 Å². The SMILES string of the molecule is CC(C)[N+]1(OC(=O)C(F)(F)F)CCN(C(=O)c2cc(Cc3c[nH]c(=O)c4cc(Cl)c(Cl)n34)ccc2F)CC1. The van der Waals surface area contributed by atoms with Crippen molar-refractivity contribution >= 4 is 40.6 Å². The van der Waals surface area contributed by atoms with Gasteiger partial charge < -0.3 is 9.88 Å². The van der Waals surface area contributed by atoms with Crippen LogP contribution in [0.15, 0.2) is 35.3 Å². The van der Waals surface area contributed by atoms with Crippen LogP contribution >= 0.6 is 23.2 Å². The maximum Gasteiger partial charge on any atom is 0.497 e.